The van der Waals surface area contributed by atoms with Crippen LogP contribution in [0, 0.1) is 5.92 Å². The predicted octanol–water partition coefficient (Wildman–Crippen LogP) is 1.54. The predicted molar refractivity (Wildman–Crippen MR) is 112 cm³/mol. The molecule has 9 nitrogen and oxygen atoms in total. The number of aromatic nitrogens is 5. The fraction of sp³-hybridized carbons (Fsp3) is 0.421. The van der Waals surface area contributed by atoms with Crippen molar-refractivity contribution in [3.05, 3.63) is 51.1 Å². The molecule has 1 saturated heterocycles. The summed E-state index contributed by atoms with van der Waals surface area (Å²) in [5, 5.41) is 7.36. The van der Waals surface area contributed by atoms with Gasteiger partial charge in [0.2, 0.25) is 5.88 Å². The molecule has 29 heavy (non-hydrogen) atoms. The van der Waals surface area contributed by atoms with E-state index in [0.717, 1.165) is 25.3 Å². The fourth-order valence-electron chi connectivity index (χ4n) is 3.36. The number of ether oxygens (including phenoxy) is 1. The number of nitrogens with one attached hydrogen (secondary N) is 3. The first-order chi connectivity index (χ1) is 14.2. The van der Waals surface area contributed by atoms with Crippen molar-refractivity contribution in [3.63, 3.8) is 0 Å². The first-order valence-electron chi connectivity index (χ1n) is 9.57. The zero-order valence-electron chi connectivity index (χ0n) is 15.8. The van der Waals surface area contributed by atoms with Crippen LogP contribution in [-0.4, -0.2) is 44.6 Å². The first kappa shape index (κ1) is 19.9. The molecule has 0 aromatic carbocycles. The molecule has 0 bridgehead atoms. The maximum Gasteiger partial charge on any atom is 0.258 e. The average Bonchev–Trinajstić information content (AvgIpc) is 2.74. The summed E-state index contributed by atoms with van der Waals surface area (Å²) in [5.74, 6) is 1.43. The van der Waals surface area contributed by atoms with Crippen molar-refractivity contribution in [2.24, 2.45) is 5.92 Å². The number of hydrogen-bond acceptors (Lipinski definition) is 8. The molecule has 4 heterocycles. The van der Waals surface area contributed by atoms with E-state index in [1.165, 1.54) is 19.0 Å². The van der Waals surface area contributed by atoms with Crippen LogP contribution in [0.1, 0.15) is 24.4 Å². The van der Waals surface area contributed by atoms with Gasteiger partial charge in [0.05, 0.1) is 23.5 Å². The van der Waals surface area contributed by atoms with Crippen LogP contribution in [0.25, 0.3) is 10.9 Å². The molecule has 1 aliphatic heterocycles. The Morgan fingerprint density at radius 2 is 2.07 bits per heavy atom. The average molecular weight is 460 g/mol. The van der Waals surface area contributed by atoms with Gasteiger partial charge in [0.25, 0.3) is 5.56 Å². The normalized spacial score (nSPS) is 14.9. The molecule has 3 aromatic heterocycles. The summed E-state index contributed by atoms with van der Waals surface area (Å²) < 4.78 is 6.20. The van der Waals surface area contributed by atoms with Crippen molar-refractivity contribution in [2.45, 2.75) is 26.0 Å². The molecular formula is C19H22BrN7O2. The van der Waals surface area contributed by atoms with Gasteiger partial charge in [-0.3, -0.25) is 9.78 Å². The minimum Gasteiger partial charge on any atom is -0.468 e. The number of nitrogens with zero attached hydrogens (tertiary/aromatic N) is 4. The van der Waals surface area contributed by atoms with Crippen LogP contribution in [-0.2, 0) is 13.2 Å². The van der Waals surface area contributed by atoms with E-state index in [0.29, 0.717) is 39.7 Å². The van der Waals surface area contributed by atoms with Gasteiger partial charge in [-0.25, -0.2) is 15.0 Å². The van der Waals surface area contributed by atoms with E-state index in [1.54, 1.807) is 18.5 Å². The largest absolute Gasteiger partial charge is 0.468 e. The standard InChI is InChI=1S/C19H22BrN7O2/c20-15-9-25-17(10-24-15)29-11-16-26-18-13(19(28)27-16)3-6-23-14(18)8-22-7-12-1-4-21-5-2-12/h3,6,9-10,12,21-22H,1-2,4-5,7-8,11H2,(H,26,27,28). The van der Waals surface area contributed by atoms with Crippen molar-refractivity contribution in [1.29, 1.82) is 0 Å². The summed E-state index contributed by atoms with van der Waals surface area (Å²) in [4.78, 5) is 32.4. The van der Waals surface area contributed by atoms with Crippen LogP contribution < -0.4 is 20.9 Å². The van der Waals surface area contributed by atoms with Gasteiger partial charge in [-0.1, -0.05) is 0 Å². The molecule has 0 unspecified atom stereocenters. The molecule has 3 aromatic rings. The lowest BCUT2D eigenvalue weighted by atomic mass is 9.98. The third-order valence-electron chi connectivity index (χ3n) is 4.89. The van der Waals surface area contributed by atoms with E-state index in [9.17, 15) is 4.79 Å². The van der Waals surface area contributed by atoms with Gasteiger partial charge in [0.1, 0.15) is 22.6 Å². The maximum atomic E-state index is 12.5. The number of pyridine rings is 1. The van der Waals surface area contributed by atoms with E-state index in [2.05, 4.69) is 51.5 Å². The lowest BCUT2D eigenvalue weighted by Gasteiger charge is -2.22. The summed E-state index contributed by atoms with van der Waals surface area (Å²) in [6.45, 7) is 3.72. The highest BCUT2D eigenvalue weighted by Gasteiger charge is 2.14. The second-order valence-electron chi connectivity index (χ2n) is 6.96. The Bertz CT molecular complexity index is 1020. The summed E-state index contributed by atoms with van der Waals surface area (Å²) >= 11 is 3.23. The Labute approximate surface area is 175 Å². The Morgan fingerprint density at radius 3 is 2.86 bits per heavy atom. The van der Waals surface area contributed by atoms with Crippen LogP contribution in [0.15, 0.2) is 34.1 Å². The van der Waals surface area contributed by atoms with Gasteiger partial charge >= 0.3 is 0 Å². The summed E-state index contributed by atoms with van der Waals surface area (Å²) in [5.41, 5.74) is 1.14. The molecule has 10 heteroatoms. The quantitative estimate of drug-likeness (QED) is 0.486. The molecule has 0 aliphatic carbocycles. The van der Waals surface area contributed by atoms with E-state index < -0.39 is 0 Å². The lowest BCUT2D eigenvalue weighted by molar-refractivity contribution is 0.282. The number of piperidine rings is 1. The number of rotatable bonds is 7. The Kier molecular flexibility index (Phi) is 6.43. The van der Waals surface area contributed by atoms with Crippen LogP contribution in [0.4, 0.5) is 0 Å². The molecule has 0 spiro atoms. The monoisotopic (exact) mass is 459 g/mol. The Hall–Kier alpha value is -2.43. The van der Waals surface area contributed by atoms with E-state index in [4.69, 9.17) is 4.74 Å². The SMILES string of the molecule is O=c1[nH]c(COc2cnc(Br)cn2)nc2c(CNCC3CCNCC3)nccc12. The first-order valence-corrected chi connectivity index (χ1v) is 10.4. The molecule has 1 fully saturated rings. The molecule has 0 atom stereocenters. The van der Waals surface area contributed by atoms with Crippen molar-refractivity contribution in [1.82, 2.24) is 35.6 Å². The highest BCUT2D eigenvalue weighted by atomic mass is 79.9. The van der Waals surface area contributed by atoms with Crippen LogP contribution in [0.3, 0.4) is 0 Å². The van der Waals surface area contributed by atoms with Crippen molar-refractivity contribution < 1.29 is 4.74 Å². The zero-order valence-corrected chi connectivity index (χ0v) is 17.4. The number of aromatic amines is 1. The van der Waals surface area contributed by atoms with E-state index >= 15 is 0 Å². The second kappa shape index (κ2) is 9.38. The Morgan fingerprint density at radius 1 is 1.21 bits per heavy atom. The third kappa shape index (κ3) is 5.14. The van der Waals surface area contributed by atoms with Crippen LogP contribution in [0.2, 0.25) is 0 Å². The van der Waals surface area contributed by atoms with Crippen molar-refractivity contribution >= 4 is 26.8 Å². The number of H-pyrrole nitrogens is 1. The van der Waals surface area contributed by atoms with Gasteiger partial charge in [0, 0.05) is 12.7 Å². The molecule has 0 radical (unpaired) electrons. The lowest BCUT2D eigenvalue weighted by Crippen LogP contribution is -2.33. The molecule has 1 aliphatic rings. The van der Waals surface area contributed by atoms with E-state index in [1.807, 2.05) is 0 Å². The minimum atomic E-state index is -0.211. The molecule has 152 valence electrons. The minimum absolute atomic E-state index is 0.0817. The molecule has 3 N–H and O–H groups in total. The van der Waals surface area contributed by atoms with Gasteiger partial charge in [0.15, 0.2) is 0 Å². The van der Waals surface area contributed by atoms with Crippen molar-refractivity contribution in [2.75, 3.05) is 19.6 Å². The summed E-state index contributed by atoms with van der Waals surface area (Å²) in [6.07, 6.45) is 7.04. The van der Waals surface area contributed by atoms with Gasteiger partial charge in [-0.15, -0.1) is 0 Å². The molecular weight excluding hydrogens is 438 g/mol. The molecule has 0 saturated carbocycles. The van der Waals surface area contributed by atoms with Crippen molar-refractivity contribution in [3.8, 4) is 5.88 Å². The number of halogens is 1. The topological polar surface area (TPSA) is 118 Å². The highest BCUT2D eigenvalue weighted by molar-refractivity contribution is 9.10. The number of fused-ring (bicyclic) bond motifs is 1. The Balaban J connectivity index is 1.47. The van der Waals surface area contributed by atoms with E-state index in [-0.39, 0.29) is 12.2 Å². The second-order valence-corrected chi connectivity index (χ2v) is 7.77. The summed E-state index contributed by atoms with van der Waals surface area (Å²) in [6, 6.07) is 1.68. The van der Waals surface area contributed by atoms with Crippen LogP contribution >= 0.6 is 15.9 Å². The smallest absolute Gasteiger partial charge is 0.258 e. The van der Waals surface area contributed by atoms with Crippen LogP contribution in [0.5, 0.6) is 5.88 Å². The van der Waals surface area contributed by atoms with Gasteiger partial charge in [-0.05, 0) is 60.4 Å². The molecule has 4 rings (SSSR count). The maximum absolute atomic E-state index is 12.5. The number of hydrogen-bond donors (Lipinski definition) is 3. The summed E-state index contributed by atoms with van der Waals surface area (Å²) in [7, 11) is 0. The zero-order chi connectivity index (χ0) is 20.1. The molecule has 0 amide bonds. The highest BCUT2D eigenvalue weighted by Crippen LogP contribution is 2.14. The van der Waals surface area contributed by atoms with Gasteiger partial charge in [-0.2, -0.15) is 0 Å². The fourth-order valence-corrected chi connectivity index (χ4v) is 3.57. The van der Waals surface area contributed by atoms with Gasteiger partial charge < -0.3 is 20.4 Å². The third-order valence-corrected chi connectivity index (χ3v) is 5.30.